The van der Waals surface area contributed by atoms with E-state index in [2.05, 4.69) is 17.0 Å². The van der Waals surface area contributed by atoms with Crippen LogP contribution in [0.5, 0.6) is 0 Å². The summed E-state index contributed by atoms with van der Waals surface area (Å²) in [6, 6.07) is 20.8. The van der Waals surface area contributed by atoms with E-state index in [1.54, 1.807) is 42.5 Å². The van der Waals surface area contributed by atoms with Gasteiger partial charge in [0.25, 0.3) is 10.0 Å². The number of benzene rings is 4. The molecule has 0 saturated heterocycles. The van der Waals surface area contributed by atoms with Crippen LogP contribution in [0.4, 0.5) is 30.2 Å². The van der Waals surface area contributed by atoms with Gasteiger partial charge >= 0.3 is 12.1 Å². The Balaban J connectivity index is 1.74. The van der Waals surface area contributed by atoms with E-state index in [0.29, 0.717) is 21.6 Å². The number of carboxylic acids is 1. The molecule has 0 aliphatic heterocycles. The number of halogens is 3. The molecule has 0 unspecified atom stereocenters. The highest BCUT2D eigenvalue weighted by atomic mass is 32.2. The van der Waals surface area contributed by atoms with E-state index in [9.17, 15) is 39.9 Å². The number of hydrogen-bond donors (Lipinski definition) is 3. The molecule has 0 aliphatic carbocycles. The standard InChI is InChI=1S/C33H34F3N3O6S2/c1-3-4-9-23-14-16-26(17-15-23)37-29-19-18-28(47(44,45)39(2)31(32(40)41)20-24-10-6-5-7-11-24)22-30(29)38-46(42,43)27-13-8-12-25(21-27)33(34,35)36/h5-8,10-19,21-22,31,37-38H,3-4,9,20H2,1-2H3,(H,40,41)/t31-/m0/s1. The van der Waals surface area contributed by atoms with Crippen molar-refractivity contribution in [2.75, 3.05) is 17.1 Å². The van der Waals surface area contributed by atoms with Crippen LogP contribution in [0.25, 0.3) is 0 Å². The number of rotatable bonds is 14. The lowest BCUT2D eigenvalue weighted by atomic mass is 10.1. The largest absolute Gasteiger partial charge is 0.480 e. The predicted molar refractivity (Wildman–Crippen MR) is 174 cm³/mol. The van der Waals surface area contributed by atoms with E-state index in [1.807, 2.05) is 12.1 Å². The Morgan fingerprint density at radius 1 is 0.830 bits per heavy atom. The van der Waals surface area contributed by atoms with Crippen molar-refractivity contribution in [2.24, 2.45) is 0 Å². The number of alkyl halides is 3. The number of hydrogen-bond acceptors (Lipinski definition) is 6. The van der Waals surface area contributed by atoms with Crippen molar-refractivity contribution in [2.45, 2.75) is 54.6 Å². The third-order valence-corrected chi connectivity index (χ3v) is 10.7. The van der Waals surface area contributed by atoms with Crippen LogP contribution in [0.1, 0.15) is 36.5 Å². The average molecular weight is 690 g/mol. The molecule has 47 heavy (non-hydrogen) atoms. The van der Waals surface area contributed by atoms with Gasteiger partial charge < -0.3 is 10.4 Å². The Kier molecular flexibility index (Phi) is 11.0. The van der Waals surface area contributed by atoms with Gasteiger partial charge in [0.1, 0.15) is 6.04 Å². The topological polar surface area (TPSA) is 133 Å². The molecule has 14 heteroatoms. The first-order valence-electron chi connectivity index (χ1n) is 14.6. The Morgan fingerprint density at radius 2 is 1.51 bits per heavy atom. The smallest absolute Gasteiger partial charge is 0.416 e. The minimum absolute atomic E-state index is 0.0996. The zero-order valence-electron chi connectivity index (χ0n) is 25.5. The molecule has 4 aromatic carbocycles. The molecule has 4 aromatic rings. The van der Waals surface area contributed by atoms with Crippen LogP contribution in [0.2, 0.25) is 0 Å². The number of nitrogens with zero attached hydrogens (tertiary/aromatic N) is 1. The van der Waals surface area contributed by atoms with Gasteiger partial charge in [-0.2, -0.15) is 17.5 Å². The lowest BCUT2D eigenvalue weighted by molar-refractivity contribution is -0.141. The quantitative estimate of drug-likeness (QED) is 0.131. The van der Waals surface area contributed by atoms with Crippen LogP contribution >= 0.6 is 0 Å². The number of sulfonamides is 2. The minimum Gasteiger partial charge on any atom is -0.480 e. The van der Waals surface area contributed by atoms with E-state index < -0.39 is 53.6 Å². The van der Waals surface area contributed by atoms with Crippen molar-refractivity contribution < 1.29 is 39.9 Å². The van der Waals surface area contributed by atoms with Gasteiger partial charge in [-0.15, -0.1) is 0 Å². The summed E-state index contributed by atoms with van der Waals surface area (Å²) in [4.78, 5) is 11.0. The Hall–Kier alpha value is -4.40. The lowest BCUT2D eigenvalue weighted by Gasteiger charge is -2.25. The van der Waals surface area contributed by atoms with Gasteiger partial charge in [-0.3, -0.25) is 9.52 Å². The molecule has 0 fully saturated rings. The van der Waals surface area contributed by atoms with Gasteiger partial charge in [0.05, 0.1) is 26.7 Å². The fourth-order valence-corrected chi connectivity index (χ4v) is 7.21. The zero-order valence-corrected chi connectivity index (χ0v) is 27.2. The van der Waals surface area contributed by atoms with Crippen LogP contribution in [0.15, 0.2) is 107 Å². The fourth-order valence-electron chi connectivity index (χ4n) is 4.75. The summed E-state index contributed by atoms with van der Waals surface area (Å²) >= 11 is 0. The molecule has 1 atom stereocenters. The highest BCUT2D eigenvalue weighted by molar-refractivity contribution is 7.92. The second kappa shape index (κ2) is 14.6. The van der Waals surface area contributed by atoms with Gasteiger partial charge in [-0.1, -0.05) is 61.9 Å². The number of unbranched alkanes of at least 4 members (excludes halogenated alkanes) is 1. The van der Waals surface area contributed by atoms with Crippen LogP contribution in [0, 0.1) is 0 Å². The summed E-state index contributed by atoms with van der Waals surface area (Å²) in [5.41, 5.74) is 0.821. The van der Waals surface area contributed by atoms with Gasteiger partial charge in [0, 0.05) is 12.7 Å². The summed E-state index contributed by atoms with van der Waals surface area (Å²) in [5, 5.41) is 13.0. The molecule has 0 heterocycles. The predicted octanol–water partition coefficient (Wildman–Crippen LogP) is 6.91. The molecule has 0 aliphatic rings. The Labute approximate surface area is 272 Å². The van der Waals surface area contributed by atoms with Crippen molar-refractivity contribution in [1.29, 1.82) is 0 Å². The van der Waals surface area contributed by atoms with Crippen molar-refractivity contribution in [3.05, 3.63) is 114 Å². The van der Waals surface area contributed by atoms with Crippen LogP contribution < -0.4 is 10.0 Å². The lowest BCUT2D eigenvalue weighted by Crippen LogP contribution is -2.43. The van der Waals surface area contributed by atoms with E-state index in [1.165, 1.54) is 12.1 Å². The molecule has 0 amide bonds. The average Bonchev–Trinajstić information content (AvgIpc) is 3.03. The van der Waals surface area contributed by atoms with Crippen molar-refractivity contribution in [3.63, 3.8) is 0 Å². The van der Waals surface area contributed by atoms with Gasteiger partial charge in [0.2, 0.25) is 10.0 Å². The molecule has 0 bridgehead atoms. The maximum Gasteiger partial charge on any atom is 0.416 e. The highest BCUT2D eigenvalue weighted by Gasteiger charge is 2.34. The molecule has 9 nitrogen and oxygen atoms in total. The molecule has 3 N–H and O–H groups in total. The number of carboxylic acid groups (broad SMARTS) is 1. The van der Waals surface area contributed by atoms with Crippen LogP contribution in [0.3, 0.4) is 0 Å². The first-order chi connectivity index (χ1) is 22.1. The van der Waals surface area contributed by atoms with E-state index in [0.717, 1.165) is 56.1 Å². The van der Waals surface area contributed by atoms with Crippen LogP contribution in [-0.2, 0) is 43.9 Å². The monoisotopic (exact) mass is 689 g/mol. The first-order valence-corrected chi connectivity index (χ1v) is 17.5. The van der Waals surface area contributed by atoms with Crippen molar-refractivity contribution in [1.82, 2.24) is 4.31 Å². The van der Waals surface area contributed by atoms with Gasteiger partial charge in [0.15, 0.2) is 0 Å². The maximum atomic E-state index is 13.7. The summed E-state index contributed by atoms with van der Waals surface area (Å²) in [5.74, 6) is -1.40. The van der Waals surface area contributed by atoms with Crippen LogP contribution in [-0.4, -0.2) is 45.3 Å². The van der Waals surface area contributed by atoms with Crippen molar-refractivity contribution in [3.8, 4) is 0 Å². The molecule has 250 valence electrons. The second-order valence-corrected chi connectivity index (χ2v) is 14.5. The van der Waals surface area contributed by atoms with Crippen molar-refractivity contribution >= 4 is 43.1 Å². The number of aliphatic carboxylic acids is 1. The number of carbonyl (C=O) groups is 1. The van der Waals surface area contributed by atoms with E-state index in [4.69, 9.17) is 0 Å². The number of nitrogens with one attached hydrogen (secondary N) is 2. The molecule has 0 radical (unpaired) electrons. The third-order valence-electron chi connectivity index (χ3n) is 7.43. The van der Waals surface area contributed by atoms with Gasteiger partial charge in [-0.25, -0.2) is 16.8 Å². The second-order valence-electron chi connectivity index (χ2n) is 10.8. The normalized spacial score (nSPS) is 12.9. The highest BCUT2D eigenvalue weighted by Crippen LogP contribution is 2.34. The number of likely N-dealkylation sites (N-methyl/N-ethyl adjacent to an activating group) is 1. The molecular formula is C33H34F3N3O6S2. The van der Waals surface area contributed by atoms with E-state index in [-0.39, 0.29) is 17.8 Å². The molecule has 0 spiro atoms. The summed E-state index contributed by atoms with van der Waals surface area (Å²) < 4.78 is 97.3. The molecule has 0 aromatic heterocycles. The van der Waals surface area contributed by atoms with E-state index >= 15 is 0 Å². The third kappa shape index (κ3) is 8.90. The zero-order chi connectivity index (χ0) is 34.4. The summed E-state index contributed by atoms with van der Waals surface area (Å²) in [6.45, 7) is 2.07. The molecule has 4 rings (SSSR count). The molecule has 0 saturated carbocycles. The SMILES string of the molecule is CCCCc1ccc(Nc2ccc(S(=O)(=O)N(C)[C@@H](Cc3ccccc3)C(=O)O)cc2NS(=O)(=O)c2cccc(C(F)(F)F)c2)cc1. The fraction of sp³-hybridized carbons (Fsp3) is 0.242. The Morgan fingerprint density at radius 3 is 2.13 bits per heavy atom. The number of aryl methyl sites for hydroxylation is 1. The minimum atomic E-state index is -4.81. The number of anilines is 3. The first kappa shape index (κ1) is 35.5. The van der Waals surface area contributed by atoms with Gasteiger partial charge in [-0.05, 0) is 78.9 Å². The molecular weight excluding hydrogens is 656 g/mol. The maximum absolute atomic E-state index is 13.7. The summed E-state index contributed by atoms with van der Waals surface area (Å²) in [7, 11) is -8.10. The summed E-state index contributed by atoms with van der Waals surface area (Å²) in [6.07, 6.45) is -2.08. The Bertz CT molecular complexity index is 1920.